The molecule has 1 aromatic carbocycles. The molecule has 0 radical (unpaired) electrons. The van der Waals surface area contributed by atoms with Crippen LogP contribution in [-0.4, -0.2) is 53.7 Å². The molecule has 154 valence electrons. The molecule has 2 amide bonds. The van der Waals surface area contributed by atoms with Crippen molar-refractivity contribution in [1.29, 1.82) is 0 Å². The van der Waals surface area contributed by atoms with Gasteiger partial charge >= 0.3 is 0 Å². The molecule has 1 aromatic heterocycles. The second-order valence-corrected chi connectivity index (χ2v) is 7.70. The molecule has 1 N–H and O–H groups in total. The number of anilines is 1. The van der Waals surface area contributed by atoms with Crippen LogP contribution in [0, 0.1) is 0 Å². The van der Waals surface area contributed by atoms with Gasteiger partial charge in [-0.15, -0.1) is 0 Å². The summed E-state index contributed by atoms with van der Waals surface area (Å²) in [6, 6.07) is 11.0. The van der Waals surface area contributed by atoms with Crippen LogP contribution in [0.1, 0.15) is 31.4 Å². The second kappa shape index (κ2) is 8.24. The van der Waals surface area contributed by atoms with Crippen molar-refractivity contribution in [2.45, 2.75) is 37.7 Å². The molecule has 1 spiro atoms. The molecule has 2 fully saturated rings. The van der Waals surface area contributed by atoms with E-state index in [1.165, 1.54) is 6.07 Å². The lowest BCUT2D eigenvalue weighted by Crippen LogP contribution is -2.55. The normalized spacial score (nSPS) is 22.7. The van der Waals surface area contributed by atoms with Crippen molar-refractivity contribution in [2.24, 2.45) is 0 Å². The molecule has 29 heavy (non-hydrogen) atoms. The van der Waals surface area contributed by atoms with Crippen molar-refractivity contribution >= 4 is 17.5 Å². The maximum Gasteiger partial charge on any atom is 0.280 e. The molecule has 0 aliphatic carbocycles. The van der Waals surface area contributed by atoms with Crippen molar-refractivity contribution in [3.63, 3.8) is 0 Å². The van der Waals surface area contributed by atoms with Gasteiger partial charge < -0.3 is 19.1 Å². The number of nitrogens with zero attached hydrogens (tertiary/aromatic N) is 2. The number of ether oxygens (including phenoxy) is 1. The third kappa shape index (κ3) is 4.42. The first-order valence-corrected chi connectivity index (χ1v) is 9.99. The molecule has 4 rings (SSSR count). The van der Waals surface area contributed by atoms with Crippen LogP contribution in [-0.2, 0) is 20.7 Å². The summed E-state index contributed by atoms with van der Waals surface area (Å²) < 4.78 is 11.0. The number of morpholine rings is 1. The van der Waals surface area contributed by atoms with Crippen molar-refractivity contribution < 1.29 is 18.8 Å². The fraction of sp³-hybridized carbons (Fsp3) is 0.476. The number of hydrogen-bond acceptors (Lipinski definition) is 5. The van der Waals surface area contributed by atoms with Gasteiger partial charge in [0.15, 0.2) is 0 Å². The second-order valence-electron chi connectivity index (χ2n) is 7.70. The van der Waals surface area contributed by atoms with Crippen LogP contribution in [0.3, 0.4) is 0 Å². The Morgan fingerprint density at radius 2 is 1.97 bits per heavy atom. The maximum absolute atomic E-state index is 12.6. The Kier molecular flexibility index (Phi) is 5.53. The highest BCUT2D eigenvalue weighted by Gasteiger charge is 2.41. The van der Waals surface area contributed by atoms with E-state index in [-0.39, 0.29) is 24.0 Å². The molecule has 3 heterocycles. The third-order valence-electron chi connectivity index (χ3n) is 5.73. The Labute approximate surface area is 168 Å². The zero-order chi connectivity index (χ0) is 20.3. The van der Waals surface area contributed by atoms with Crippen LogP contribution in [0.25, 0.3) is 0 Å². The monoisotopic (exact) mass is 399 g/mol. The zero-order valence-corrected chi connectivity index (χ0v) is 16.3. The van der Waals surface area contributed by atoms with Crippen molar-refractivity contribution in [2.75, 3.05) is 31.1 Å². The number of benzene rings is 1. The SMILES string of the molecule is O=C(CCc1cc(=O)[nH]o1)N1CCCC2(CC1)CN(c1ccccc1)C(=O)CO2. The number of carbonyl (C=O) groups excluding carboxylic acids is 2. The minimum absolute atomic E-state index is 0.0352. The summed E-state index contributed by atoms with van der Waals surface area (Å²) in [7, 11) is 0. The highest BCUT2D eigenvalue weighted by Crippen LogP contribution is 2.33. The predicted molar refractivity (Wildman–Crippen MR) is 106 cm³/mol. The van der Waals surface area contributed by atoms with E-state index in [0.29, 0.717) is 44.7 Å². The Hall–Kier alpha value is -2.87. The number of aryl methyl sites for hydroxylation is 1. The van der Waals surface area contributed by atoms with Crippen LogP contribution in [0.4, 0.5) is 5.69 Å². The quantitative estimate of drug-likeness (QED) is 0.845. The van der Waals surface area contributed by atoms with Gasteiger partial charge in [-0.1, -0.05) is 18.2 Å². The largest absolute Gasteiger partial charge is 0.384 e. The molecule has 2 saturated heterocycles. The predicted octanol–water partition coefficient (Wildman–Crippen LogP) is 1.72. The van der Waals surface area contributed by atoms with Gasteiger partial charge in [0.1, 0.15) is 12.4 Å². The molecule has 2 aliphatic heterocycles. The smallest absolute Gasteiger partial charge is 0.280 e. The first kappa shape index (κ1) is 19.4. The minimum Gasteiger partial charge on any atom is -0.384 e. The van der Waals surface area contributed by atoms with Crippen molar-refractivity contribution in [3.8, 4) is 0 Å². The highest BCUT2D eigenvalue weighted by atomic mass is 16.5. The average Bonchev–Trinajstić information content (AvgIpc) is 3.05. The third-order valence-corrected chi connectivity index (χ3v) is 5.73. The number of nitrogens with one attached hydrogen (secondary N) is 1. The first-order valence-electron chi connectivity index (χ1n) is 9.99. The molecule has 0 bridgehead atoms. The van der Waals surface area contributed by atoms with E-state index < -0.39 is 5.60 Å². The fourth-order valence-electron chi connectivity index (χ4n) is 4.11. The summed E-state index contributed by atoms with van der Waals surface area (Å²) in [5.74, 6) is 0.493. The van der Waals surface area contributed by atoms with Crippen LogP contribution in [0.5, 0.6) is 0 Å². The van der Waals surface area contributed by atoms with Gasteiger partial charge in [-0.3, -0.25) is 14.4 Å². The Morgan fingerprint density at radius 1 is 1.14 bits per heavy atom. The van der Waals surface area contributed by atoms with Gasteiger partial charge in [0.25, 0.3) is 11.5 Å². The summed E-state index contributed by atoms with van der Waals surface area (Å²) >= 11 is 0. The van der Waals surface area contributed by atoms with Gasteiger partial charge in [-0.25, -0.2) is 0 Å². The number of H-pyrrole nitrogens is 1. The van der Waals surface area contributed by atoms with Crippen molar-refractivity contribution in [3.05, 3.63) is 52.5 Å². The van der Waals surface area contributed by atoms with E-state index in [1.807, 2.05) is 35.2 Å². The molecule has 8 heteroatoms. The van der Waals surface area contributed by atoms with E-state index in [0.717, 1.165) is 18.5 Å². The van der Waals surface area contributed by atoms with Gasteiger partial charge in [0.2, 0.25) is 5.91 Å². The van der Waals surface area contributed by atoms with Crippen LogP contribution in [0.2, 0.25) is 0 Å². The van der Waals surface area contributed by atoms with Gasteiger partial charge in [-0.05, 0) is 31.4 Å². The topological polar surface area (TPSA) is 95.9 Å². The average molecular weight is 399 g/mol. The molecular formula is C21H25N3O5. The van der Waals surface area contributed by atoms with Crippen LogP contribution in [0.15, 0.2) is 45.7 Å². The van der Waals surface area contributed by atoms with Crippen molar-refractivity contribution in [1.82, 2.24) is 10.1 Å². The van der Waals surface area contributed by atoms with Gasteiger partial charge in [0, 0.05) is 37.7 Å². The number of aromatic nitrogens is 1. The lowest BCUT2D eigenvalue weighted by Gasteiger charge is -2.42. The van der Waals surface area contributed by atoms with E-state index in [4.69, 9.17) is 9.26 Å². The van der Waals surface area contributed by atoms with E-state index >= 15 is 0 Å². The number of likely N-dealkylation sites (tertiary alicyclic amines) is 1. The number of rotatable bonds is 4. The number of para-hydroxylation sites is 1. The van der Waals surface area contributed by atoms with Gasteiger partial charge in [0.05, 0.1) is 12.1 Å². The molecular weight excluding hydrogens is 374 g/mol. The molecule has 2 aliphatic rings. The Bertz CT molecular complexity index is 922. The first-order chi connectivity index (χ1) is 14.0. The summed E-state index contributed by atoms with van der Waals surface area (Å²) in [5.41, 5.74) is 0.160. The number of aromatic amines is 1. The summed E-state index contributed by atoms with van der Waals surface area (Å²) in [5, 5.41) is 2.24. The van der Waals surface area contributed by atoms with E-state index in [2.05, 4.69) is 5.16 Å². The van der Waals surface area contributed by atoms with Gasteiger partial charge in [-0.2, -0.15) is 5.16 Å². The number of hydrogen-bond donors (Lipinski definition) is 1. The molecule has 1 unspecified atom stereocenters. The molecule has 2 aromatic rings. The van der Waals surface area contributed by atoms with E-state index in [9.17, 15) is 14.4 Å². The lowest BCUT2D eigenvalue weighted by molar-refractivity contribution is -0.141. The van der Waals surface area contributed by atoms with Crippen LogP contribution >= 0.6 is 0 Å². The fourth-order valence-corrected chi connectivity index (χ4v) is 4.11. The zero-order valence-electron chi connectivity index (χ0n) is 16.3. The molecule has 8 nitrogen and oxygen atoms in total. The summed E-state index contributed by atoms with van der Waals surface area (Å²) in [4.78, 5) is 39.8. The molecule has 1 atom stereocenters. The lowest BCUT2D eigenvalue weighted by atomic mass is 9.92. The minimum atomic E-state index is -0.424. The molecule has 0 saturated carbocycles. The number of amides is 2. The highest BCUT2D eigenvalue weighted by molar-refractivity contribution is 5.95. The standard InChI is InChI=1S/C21H25N3O5/c25-18-13-17(29-22-18)7-8-19(26)23-11-4-9-21(10-12-23)15-24(20(27)14-28-21)16-5-2-1-3-6-16/h1-3,5-6,13H,4,7-12,14-15H2,(H,22,25). The Balaban J connectivity index is 1.38. The van der Waals surface area contributed by atoms with E-state index in [1.54, 1.807) is 4.90 Å². The summed E-state index contributed by atoms with van der Waals surface area (Å²) in [6.07, 6.45) is 3.01. The number of carbonyl (C=O) groups is 2. The maximum atomic E-state index is 12.6. The Morgan fingerprint density at radius 3 is 2.72 bits per heavy atom. The van der Waals surface area contributed by atoms with Crippen LogP contribution < -0.4 is 10.5 Å². The summed E-state index contributed by atoms with van der Waals surface area (Å²) in [6.45, 7) is 1.83.